The summed E-state index contributed by atoms with van der Waals surface area (Å²) in [6, 6.07) is 11.8. The normalized spacial score (nSPS) is 13.0. The quantitative estimate of drug-likeness (QED) is 0.101. The van der Waals surface area contributed by atoms with Crippen molar-refractivity contribution in [2.24, 2.45) is 0 Å². The molecule has 237 valence electrons. The molecule has 0 fully saturated rings. The molecule has 2 N–H and O–H groups in total. The van der Waals surface area contributed by atoms with Gasteiger partial charge in [-0.05, 0) is 36.1 Å². The molecule has 1 radical (unpaired) electrons. The number of benzene rings is 2. The summed E-state index contributed by atoms with van der Waals surface area (Å²) in [4.78, 5) is -0.614. The molecule has 2 aromatic carbocycles. The van der Waals surface area contributed by atoms with E-state index in [0.717, 1.165) is 38.5 Å². The minimum absolute atomic E-state index is 0. The van der Waals surface area contributed by atoms with E-state index in [2.05, 4.69) is 13.8 Å². The number of hydrogen-bond acceptors (Lipinski definition) is 8. The van der Waals surface area contributed by atoms with Crippen molar-refractivity contribution >= 4 is 20.2 Å². The first-order chi connectivity index (χ1) is 18.9. The second-order valence-corrected chi connectivity index (χ2v) is 12.8. The van der Waals surface area contributed by atoms with E-state index in [1.165, 1.54) is 74.9 Å². The first-order valence-electron chi connectivity index (χ1n) is 14.4. The Hall–Kier alpha value is -1.30. The van der Waals surface area contributed by atoms with Crippen LogP contribution in [0.2, 0.25) is 0 Å². The Morgan fingerprint density at radius 3 is 1.17 bits per heavy atom. The second-order valence-electron chi connectivity index (χ2n) is 10.1. The molecule has 41 heavy (non-hydrogen) atoms. The van der Waals surface area contributed by atoms with E-state index in [1.54, 1.807) is 12.1 Å². The molecule has 0 saturated heterocycles. The zero-order chi connectivity index (χ0) is 30.0. The zero-order valence-corrected chi connectivity index (χ0v) is 26.7. The predicted octanol–water partition coefficient (Wildman–Crippen LogP) is 6.75. The van der Waals surface area contributed by atoms with Crippen LogP contribution in [0.1, 0.15) is 127 Å². The molecular weight excluding hydrogens is 616 g/mol. The Bertz CT molecular complexity index is 1090. The molecule has 2 rings (SSSR count). The van der Waals surface area contributed by atoms with Crippen molar-refractivity contribution in [1.29, 1.82) is 0 Å². The average Bonchev–Trinajstić information content (AvgIpc) is 2.91. The zero-order valence-electron chi connectivity index (χ0n) is 24.1. The van der Waals surface area contributed by atoms with Gasteiger partial charge in [0.1, 0.15) is 20.2 Å². The summed E-state index contributed by atoms with van der Waals surface area (Å²) in [6.07, 6.45) is 12.4. The number of hydrogen-bond donors (Lipinski definition) is 2. The van der Waals surface area contributed by atoms with Crippen LogP contribution in [0.15, 0.2) is 58.3 Å². The van der Waals surface area contributed by atoms with Gasteiger partial charge in [-0.25, -0.2) is 16.8 Å². The van der Waals surface area contributed by atoms with Crippen LogP contribution < -0.4 is 0 Å². The fraction of sp³-hybridized carbons (Fsp3) is 0.600. The fourth-order valence-corrected chi connectivity index (χ4v) is 5.99. The maximum Gasteiger partial charge on any atom is 2.00 e. The summed E-state index contributed by atoms with van der Waals surface area (Å²) in [5.74, 6) is 0. The van der Waals surface area contributed by atoms with Crippen LogP contribution in [0.5, 0.6) is 0 Å². The number of rotatable bonds is 18. The summed E-state index contributed by atoms with van der Waals surface area (Å²) < 4.78 is 66.8. The molecule has 0 amide bonds. The molecule has 0 aliphatic rings. The second kappa shape index (κ2) is 21.4. The van der Waals surface area contributed by atoms with E-state index in [-0.39, 0.29) is 38.0 Å². The Morgan fingerprint density at radius 2 is 0.854 bits per heavy atom. The molecule has 0 aliphatic heterocycles. The first-order valence-corrected chi connectivity index (χ1v) is 17.2. The van der Waals surface area contributed by atoms with Crippen molar-refractivity contribution in [3.63, 3.8) is 0 Å². The van der Waals surface area contributed by atoms with Gasteiger partial charge in [-0.1, -0.05) is 127 Å². The summed E-state index contributed by atoms with van der Waals surface area (Å²) in [7, 11) is -9.06. The molecule has 0 spiro atoms. The summed E-state index contributed by atoms with van der Waals surface area (Å²) in [6.45, 7) is 4.31. The van der Waals surface area contributed by atoms with Crippen molar-refractivity contribution in [2.45, 2.75) is 126 Å². The third kappa shape index (κ3) is 16.2. The van der Waals surface area contributed by atoms with Gasteiger partial charge in [0.25, 0.3) is 0 Å². The summed E-state index contributed by atoms with van der Waals surface area (Å²) in [5.41, 5.74) is 0.437. The van der Waals surface area contributed by atoms with Crippen molar-refractivity contribution in [3.8, 4) is 0 Å². The number of unbranched alkanes of at least 4 members (excludes halogenated alkanes) is 10. The fourth-order valence-electron chi connectivity index (χ4n) is 4.51. The standard InChI is InChI=1S/2C15H24O4S.Cu/c2*1-2-3-4-5-6-7-11-14(16)13-10-8-9-12-15(13)20(17,18)19;/h2*8-10,12,14,16H,2-7,11H2,1H3,(H,17,18,19);/q;;+2/p-2. The van der Waals surface area contributed by atoms with Gasteiger partial charge < -0.3 is 19.3 Å². The van der Waals surface area contributed by atoms with E-state index >= 15 is 0 Å². The molecule has 8 nitrogen and oxygen atoms in total. The van der Waals surface area contributed by atoms with E-state index < -0.39 is 32.4 Å². The minimum Gasteiger partial charge on any atom is -0.744 e. The van der Waals surface area contributed by atoms with Crippen LogP contribution in [-0.2, 0) is 37.3 Å². The van der Waals surface area contributed by atoms with Crippen LogP contribution in [0, 0.1) is 0 Å². The van der Waals surface area contributed by atoms with Crippen molar-refractivity contribution < 1.29 is 53.2 Å². The van der Waals surface area contributed by atoms with Gasteiger partial charge >= 0.3 is 17.1 Å². The summed E-state index contributed by atoms with van der Waals surface area (Å²) >= 11 is 0. The molecule has 2 atom stereocenters. The molecular formula is C30H46CuO8S2. The van der Waals surface area contributed by atoms with Gasteiger partial charge in [-0.3, -0.25) is 0 Å². The third-order valence-corrected chi connectivity index (χ3v) is 8.58. The molecule has 11 heteroatoms. The molecule has 2 unspecified atom stereocenters. The number of aliphatic hydroxyl groups is 2. The van der Waals surface area contributed by atoms with Gasteiger partial charge in [0.15, 0.2) is 0 Å². The van der Waals surface area contributed by atoms with Crippen LogP contribution in [0.3, 0.4) is 0 Å². The molecule has 2 aromatic rings. The van der Waals surface area contributed by atoms with Gasteiger partial charge in [0, 0.05) is 0 Å². The van der Waals surface area contributed by atoms with Crippen molar-refractivity contribution in [1.82, 2.24) is 0 Å². The van der Waals surface area contributed by atoms with E-state index in [9.17, 15) is 36.2 Å². The molecule has 0 aliphatic carbocycles. The monoisotopic (exact) mass is 661 g/mol. The Morgan fingerprint density at radius 1 is 0.561 bits per heavy atom. The third-order valence-electron chi connectivity index (χ3n) is 6.76. The topological polar surface area (TPSA) is 155 Å². The maximum absolute atomic E-state index is 11.1. The first kappa shape index (κ1) is 39.7. The SMILES string of the molecule is CCCCCCCCC(O)c1ccccc1S(=O)(=O)[O-].CCCCCCCCC(O)c1ccccc1S(=O)(=O)[O-].[Cu+2]. The van der Waals surface area contributed by atoms with Crippen molar-refractivity contribution in [3.05, 3.63) is 59.7 Å². The molecule has 0 bridgehead atoms. The smallest absolute Gasteiger partial charge is 0.744 e. The minimum atomic E-state index is -4.53. The van der Waals surface area contributed by atoms with Crippen LogP contribution in [-0.4, -0.2) is 36.2 Å². The largest absolute Gasteiger partial charge is 2.00 e. The van der Waals surface area contributed by atoms with Crippen LogP contribution in [0.4, 0.5) is 0 Å². The van der Waals surface area contributed by atoms with E-state index in [4.69, 9.17) is 0 Å². The van der Waals surface area contributed by atoms with Gasteiger partial charge in [0.05, 0.1) is 22.0 Å². The van der Waals surface area contributed by atoms with Gasteiger partial charge in [-0.15, -0.1) is 0 Å². The van der Waals surface area contributed by atoms with Gasteiger partial charge in [-0.2, -0.15) is 0 Å². The van der Waals surface area contributed by atoms with Crippen LogP contribution in [0.25, 0.3) is 0 Å². The van der Waals surface area contributed by atoms with E-state index in [1.807, 2.05) is 0 Å². The van der Waals surface area contributed by atoms with E-state index in [0.29, 0.717) is 12.8 Å². The van der Waals surface area contributed by atoms with Crippen LogP contribution >= 0.6 is 0 Å². The van der Waals surface area contributed by atoms with Crippen molar-refractivity contribution in [2.75, 3.05) is 0 Å². The van der Waals surface area contributed by atoms with Gasteiger partial charge in [0.2, 0.25) is 0 Å². The molecule has 0 heterocycles. The number of aliphatic hydroxyl groups excluding tert-OH is 2. The molecule has 0 saturated carbocycles. The summed E-state index contributed by atoms with van der Waals surface area (Å²) in [5, 5.41) is 20.1. The Kier molecular flexibility index (Phi) is 20.7. The Labute approximate surface area is 258 Å². The predicted molar refractivity (Wildman–Crippen MR) is 155 cm³/mol. The maximum atomic E-state index is 11.1. The Balaban J connectivity index is 0.000000762. The average molecular weight is 662 g/mol. The molecule has 0 aromatic heterocycles.